The Morgan fingerprint density at radius 2 is 2.05 bits per heavy atom. The van der Waals surface area contributed by atoms with Gasteiger partial charge in [0.2, 0.25) is 14.2 Å². The zero-order valence-electron chi connectivity index (χ0n) is 10.1. The van der Waals surface area contributed by atoms with Crippen molar-refractivity contribution < 1.29 is 21.6 Å². The predicted octanol–water partition coefficient (Wildman–Crippen LogP) is 3.13. The van der Waals surface area contributed by atoms with E-state index >= 15 is 0 Å². The third kappa shape index (κ3) is 3.19. The molecule has 4 nitrogen and oxygen atoms in total. The average molecular weight is 322 g/mol. The molecule has 0 aromatic carbocycles. The number of hydrogen-bond acceptors (Lipinski definition) is 5. The lowest BCUT2D eigenvalue weighted by Crippen LogP contribution is -2.07. The molecule has 0 aliphatic heterocycles. The Balaban J connectivity index is 2.22. The quantitative estimate of drug-likeness (QED) is 0.835. The summed E-state index contributed by atoms with van der Waals surface area (Å²) in [6, 6.07) is 1.88. The van der Waals surface area contributed by atoms with Gasteiger partial charge in [0.05, 0.1) is 11.4 Å². The molecule has 0 unspecified atom stereocenters. The molecular formula is C11H9F3N2O2S2. The maximum Gasteiger partial charge on any atom is 0.301 e. The molecule has 1 aliphatic rings. The lowest BCUT2D eigenvalue weighted by atomic mass is 10.3. The van der Waals surface area contributed by atoms with Gasteiger partial charge in [-0.2, -0.15) is 14.0 Å². The Morgan fingerprint density at radius 1 is 1.40 bits per heavy atom. The van der Waals surface area contributed by atoms with Gasteiger partial charge in [0.15, 0.2) is 5.83 Å². The van der Waals surface area contributed by atoms with Crippen molar-refractivity contribution in [2.75, 3.05) is 5.75 Å². The van der Waals surface area contributed by atoms with Gasteiger partial charge in [-0.15, -0.1) is 0 Å². The summed E-state index contributed by atoms with van der Waals surface area (Å²) in [5.74, 6) is -2.43. The number of aromatic nitrogens is 1. The Hall–Kier alpha value is -1.40. The molecule has 0 saturated heterocycles. The summed E-state index contributed by atoms with van der Waals surface area (Å²) in [6.45, 7) is 0. The lowest BCUT2D eigenvalue weighted by molar-refractivity contribution is 0.373. The van der Waals surface area contributed by atoms with Crippen LogP contribution in [0.25, 0.3) is 0 Å². The molecule has 2 rings (SSSR count). The van der Waals surface area contributed by atoms with E-state index in [1.165, 1.54) is 0 Å². The van der Waals surface area contributed by atoms with Crippen molar-refractivity contribution in [3.63, 3.8) is 0 Å². The van der Waals surface area contributed by atoms with E-state index in [2.05, 4.69) is 4.98 Å². The first kappa shape index (κ1) is 15.0. The van der Waals surface area contributed by atoms with E-state index in [0.29, 0.717) is 17.0 Å². The number of nitriles is 1. The van der Waals surface area contributed by atoms with Crippen LogP contribution in [0, 0.1) is 11.3 Å². The summed E-state index contributed by atoms with van der Waals surface area (Å²) < 4.78 is 59.9. The number of halogens is 3. The fourth-order valence-electron chi connectivity index (χ4n) is 1.56. The summed E-state index contributed by atoms with van der Waals surface area (Å²) >= 11 is 0.709. The summed E-state index contributed by atoms with van der Waals surface area (Å²) in [5.41, 5.74) is 0.448. The van der Waals surface area contributed by atoms with Crippen LogP contribution in [0.5, 0.6) is 0 Å². The lowest BCUT2D eigenvalue weighted by Gasteiger charge is -1.98. The van der Waals surface area contributed by atoms with E-state index in [0.717, 1.165) is 12.8 Å². The van der Waals surface area contributed by atoms with Gasteiger partial charge in [0.25, 0.3) is 0 Å². The fourth-order valence-corrected chi connectivity index (χ4v) is 4.11. The highest BCUT2D eigenvalue weighted by atomic mass is 32.2. The SMILES string of the molecule is N#Cc1sc(S(=O)(=O)CCC(F)=C(F)F)nc1C1CC1. The standard InChI is InChI=1S/C11H9F3N2O2S2/c12-7(10(13)14)3-4-20(17,18)11-16-9(6-1-2-6)8(5-15)19-11/h6H,1-4H2. The Labute approximate surface area is 117 Å². The van der Waals surface area contributed by atoms with Gasteiger partial charge in [-0.3, -0.25) is 0 Å². The Morgan fingerprint density at radius 3 is 2.55 bits per heavy atom. The molecule has 20 heavy (non-hydrogen) atoms. The molecule has 1 aromatic rings. The molecule has 1 aliphatic carbocycles. The highest BCUT2D eigenvalue weighted by Crippen LogP contribution is 2.43. The van der Waals surface area contributed by atoms with E-state index in [1.807, 2.05) is 6.07 Å². The molecule has 1 aromatic heterocycles. The smallest absolute Gasteiger partial charge is 0.229 e. The number of thiazole rings is 1. The predicted molar refractivity (Wildman–Crippen MR) is 65.8 cm³/mol. The van der Waals surface area contributed by atoms with Gasteiger partial charge in [-0.1, -0.05) is 11.3 Å². The molecule has 1 fully saturated rings. The van der Waals surface area contributed by atoms with Crippen molar-refractivity contribution >= 4 is 21.2 Å². The minimum absolute atomic E-state index is 0.102. The van der Waals surface area contributed by atoms with Gasteiger partial charge >= 0.3 is 6.08 Å². The largest absolute Gasteiger partial charge is 0.301 e. The molecule has 1 heterocycles. The number of hydrogen-bond donors (Lipinski definition) is 0. The molecule has 0 bridgehead atoms. The first-order chi connectivity index (χ1) is 9.35. The summed E-state index contributed by atoms with van der Waals surface area (Å²) in [4.78, 5) is 4.14. The number of rotatable bonds is 5. The van der Waals surface area contributed by atoms with Crippen LogP contribution in [0.4, 0.5) is 13.2 Å². The van der Waals surface area contributed by atoms with Crippen LogP contribution < -0.4 is 0 Å². The van der Waals surface area contributed by atoms with Crippen LogP contribution in [0.3, 0.4) is 0 Å². The Bertz CT molecular complexity index is 696. The van der Waals surface area contributed by atoms with Gasteiger partial charge in [0.1, 0.15) is 10.9 Å². The van der Waals surface area contributed by atoms with Crippen LogP contribution in [-0.4, -0.2) is 19.2 Å². The van der Waals surface area contributed by atoms with E-state index < -0.39 is 33.9 Å². The van der Waals surface area contributed by atoms with Crippen molar-refractivity contribution in [2.45, 2.75) is 29.5 Å². The number of sulfone groups is 1. The van der Waals surface area contributed by atoms with Crippen molar-refractivity contribution in [1.82, 2.24) is 4.98 Å². The summed E-state index contributed by atoms with van der Waals surface area (Å²) in [6.07, 6.45) is -1.72. The van der Waals surface area contributed by atoms with E-state index in [-0.39, 0.29) is 15.1 Å². The van der Waals surface area contributed by atoms with E-state index in [4.69, 9.17) is 5.26 Å². The normalized spacial score (nSPS) is 14.9. The molecule has 0 N–H and O–H groups in total. The van der Waals surface area contributed by atoms with Crippen LogP contribution >= 0.6 is 11.3 Å². The van der Waals surface area contributed by atoms with E-state index in [1.54, 1.807) is 0 Å². The highest BCUT2D eigenvalue weighted by molar-refractivity contribution is 7.93. The topological polar surface area (TPSA) is 70.8 Å². The van der Waals surface area contributed by atoms with Crippen molar-refractivity contribution in [2.24, 2.45) is 0 Å². The zero-order valence-corrected chi connectivity index (χ0v) is 11.7. The zero-order chi connectivity index (χ0) is 14.9. The second kappa shape index (κ2) is 5.54. The molecule has 0 amide bonds. The average Bonchev–Trinajstić information content (AvgIpc) is 3.14. The minimum Gasteiger partial charge on any atom is -0.229 e. The van der Waals surface area contributed by atoms with Crippen LogP contribution in [-0.2, 0) is 9.84 Å². The molecule has 9 heteroatoms. The third-order valence-corrected chi connectivity index (χ3v) is 5.91. The van der Waals surface area contributed by atoms with Crippen LogP contribution in [0.15, 0.2) is 16.2 Å². The first-order valence-corrected chi connectivity index (χ1v) is 8.15. The van der Waals surface area contributed by atoms with E-state index in [9.17, 15) is 21.6 Å². The summed E-state index contributed by atoms with van der Waals surface area (Å²) in [7, 11) is -3.96. The van der Waals surface area contributed by atoms with Crippen molar-refractivity contribution in [3.8, 4) is 6.07 Å². The third-order valence-electron chi connectivity index (χ3n) is 2.76. The monoisotopic (exact) mass is 322 g/mol. The molecule has 0 spiro atoms. The van der Waals surface area contributed by atoms with Crippen molar-refractivity contribution in [3.05, 3.63) is 22.5 Å². The van der Waals surface area contributed by atoms with Gasteiger partial charge in [-0.25, -0.2) is 17.8 Å². The molecule has 0 radical (unpaired) electrons. The number of nitrogens with zero attached hydrogens (tertiary/aromatic N) is 2. The first-order valence-electron chi connectivity index (χ1n) is 5.68. The Kier molecular flexibility index (Phi) is 4.15. The maximum absolute atomic E-state index is 12.7. The van der Waals surface area contributed by atoms with Gasteiger partial charge in [0, 0.05) is 12.3 Å². The molecule has 108 valence electrons. The second-order valence-electron chi connectivity index (χ2n) is 4.31. The minimum atomic E-state index is -3.96. The van der Waals surface area contributed by atoms with Crippen molar-refractivity contribution in [1.29, 1.82) is 5.26 Å². The second-order valence-corrected chi connectivity index (χ2v) is 7.60. The fraction of sp³-hybridized carbons (Fsp3) is 0.455. The summed E-state index contributed by atoms with van der Waals surface area (Å²) in [5, 5.41) is 8.92. The molecule has 0 atom stereocenters. The molecular weight excluding hydrogens is 313 g/mol. The van der Waals surface area contributed by atoms with Crippen LogP contribution in [0.2, 0.25) is 0 Å². The van der Waals surface area contributed by atoms with Gasteiger partial charge < -0.3 is 0 Å². The highest BCUT2D eigenvalue weighted by Gasteiger charge is 2.32. The molecule has 1 saturated carbocycles. The van der Waals surface area contributed by atoms with Gasteiger partial charge in [-0.05, 0) is 12.8 Å². The number of allylic oxidation sites excluding steroid dienone is 1. The van der Waals surface area contributed by atoms with Crippen LogP contribution in [0.1, 0.15) is 35.8 Å². The maximum atomic E-state index is 12.7.